The third-order valence-electron chi connectivity index (χ3n) is 4.15. The highest BCUT2D eigenvalue weighted by molar-refractivity contribution is 5.83. The zero-order valence-electron chi connectivity index (χ0n) is 14.0. The van der Waals surface area contributed by atoms with E-state index in [-0.39, 0.29) is 11.8 Å². The number of rotatable bonds is 5. The van der Waals surface area contributed by atoms with Gasteiger partial charge in [0.1, 0.15) is 11.6 Å². The third kappa shape index (κ3) is 3.94. The van der Waals surface area contributed by atoms with Crippen LogP contribution in [-0.2, 0) is 4.79 Å². The van der Waals surface area contributed by atoms with E-state index in [9.17, 15) is 9.18 Å². The molecule has 0 spiro atoms. The van der Waals surface area contributed by atoms with E-state index >= 15 is 0 Å². The molecule has 0 amide bonds. The Morgan fingerprint density at radius 1 is 0.920 bits per heavy atom. The number of carbonyl (C=O) groups excluding carboxylic acids is 1. The average molecular weight is 334 g/mol. The van der Waals surface area contributed by atoms with Gasteiger partial charge >= 0.3 is 5.97 Å². The van der Waals surface area contributed by atoms with Crippen molar-refractivity contribution in [3.63, 3.8) is 0 Å². The molecule has 126 valence electrons. The number of ether oxygens (including phenoxy) is 1. The minimum atomic E-state index is -0.426. The maximum absolute atomic E-state index is 13.1. The van der Waals surface area contributed by atoms with Crippen LogP contribution in [0.25, 0.3) is 11.1 Å². The molecule has 0 N–H and O–H groups in total. The first kappa shape index (κ1) is 16.9. The molecule has 0 saturated carbocycles. The highest BCUT2D eigenvalue weighted by Gasteiger charge is 2.22. The van der Waals surface area contributed by atoms with Gasteiger partial charge in [-0.15, -0.1) is 0 Å². The standard InChI is InChI=1S/C22H19FO2/c1-2-19(17-12-14-18(23)15-13-17)22(24)25-21-11-7-6-10-20(21)16-8-4-3-5-9-16/h3-15,19H,2H2,1H3/t19-/m1/s1. The van der Waals surface area contributed by atoms with E-state index in [1.807, 2.05) is 55.5 Å². The van der Waals surface area contributed by atoms with Gasteiger partial charge in [0.05, 0.1) is 5.92 Å². The van der Waals surface area contributed by atoms with Gasteiger partial charge in [-0.3, -0.25) is 4.79 Å². The number of benzene rings is 3. The summed E-state index contributed by atoms with van der Waals surface area (Å²) >= 11 is 0. The first-order chi connectivity index (χ1) is 12.2. The number of para-hydroxylation sites is 1. The van der Waals surface area contributed by atoms with Crippen LogP contribution in [-0.4, -0.2) is 5.97 Å². The third-order valence-corrected chi connectivity index (χ3v) is 4.15. The fourth-order valence-corrected chi connectivity index (χ4v) is 2.82. The molecule has 3 aromatic rings. The van der Waals surface area contributed by atoms with Crippen LogP contribution < -0.4 is 4.74 Å². The van der Waals surface area contributed by atoms with Crippen molar-refractivity contribution in [2.45, 2.75) is 19.3 Å². The second-order valence-corrected chi connectivity index (χ2v) is 5.80. The summed E-state index contributed by atoms with van der Waals surface area (Å²) in [4.78, 5) is 12.7. The second-order valence-electron chi connectivity index (χ2n) is 5.80. The summed E-state index contributed by atoms with van der Waals surface area (Å²) in [6, 6.07) is 23.3. The average Bonchev–Trinajstić information content (AvgIpc) is 2.65. The van der Waals surface area contributed by atoms with Gasteiger partial charge < -0.3 is 4.74 Å². The lowest BCUT2D eigenvalue weighted by Crippen LogP contribution is -2.18. The fourth-order valence-electron chi connectivity index (χ4n) is 2.82. The van der Waals surface area contributed by atoms with Gasteiger partial charge in [-0.25, -0.2) is 4.39 Å². The number of halogens is 1. The van der Waals surface area contributed by atoms with Crippen LogP contribution in [0, 0.1) is 5.82 Å². The Kier molecular flexibility index (Phi) is 5.24. The number of hydrogen-bond donors (Lipinski definition) is 0. The number of esters is 1. The number of carbonyl (C=O) groups is 1. The lowest BCUT2D eigenvalue weighted by Gasteiger charge is -2.16. The van der Waals surface area contributed by atoms with Gasteiger partial charge in [-0.2, -0.15) is 0 Å². The molecule has 3 rings (SSSR count). The van der Waals surface area contributed by atoms with Crippen LogP contribution in [0.3, 0.4) is 0 Å². The maximum atomic E-state index is 13.1. The van der Waals surface area contributed by atoms with Gasteiger partial charge in [0, 0.05) is 5.56 Å². The predicted molar refractivity (Wildman–Crippen MR) is 96.9 cm³/mol. The Labute approximate surface area is 146 Å². The maximum Gasteiger partial charge on any atom is 0.318 e. The molecule has 0 aliphatic rings. The first-order valence-electron chi connectivity index (χ1n) is 8.30. The van der Waals surface area contributed by atoms with Crippen molar-refractivity contribution in [1.82, 2.24) is 0 Å². The van der Waals surface area contributed by atoms with Crippen LogP contribution in [0.1, 0.15) is 24.8 Å². The topological polar surface area (TPSA) is 26.3 Å². The zero-order chi connectivity index (χ0) is 17.6. The van der Waals surface area contributed by atoms with E-state index in [1.54, 1.807) is 18.2 Å². The Balaban J connectivity index is 1.87. The molecule has 0 heterocycles. The molecule has 0 aliphatic heterocycles. The Bertz CT molecular complexity index is 841. The lowest BCUT2D eigenvalue weighted by molar-refractivity contribution is -0.136. The van der Waals surface area contributed by atoms with E-state index < -0.39 is 5.92 Å². The molecule has 0 unspecified atom stereocenters. The Morgan fingerprint density at radius 3 is 2.24 bits per heavy atom. The summed E-state index contributed by atoms with van der Waals surface area (Å²) in [5.74, 6) is -0.553. The van der Waals surface area contributed by atoms with Crippen LogP contribution >= 0.6 is 0 Å². The molecule has 0 aromatic heterocycles. The summed E-state index contributed by atoms with van der Waals surface area (Å²) in [5.41, 5.74) is 2.61. The van der Waals surface area contributed by atoms with Crippen LogP contribution in [0.15, 0.2) is 78.9 Å². The quantitative estimate of drug-likeness (QED) is 0.449. The molecule has 0 radical (unpaired) electrons. The van der Waals surface area contributed by atoms with Gasteiger partial charge in [-0.05, 0) is 35.7 Å². The predicted octanol–water partition coefficient (Wildman–Crippen LogP) is 5.59. The smallest absolute Gasteiger partial charge is 0.318 e. The van der Waals surface area contributed by atoms with E-state index in [0.717, 1.165) is 16.7 Å². The first-order valence-corrected chi connectivity index (χ1v) is 8.30. The van der Waals surface area contributed by atoms with Crippen molar-refractivity contribution >= 4 is 5.97 Å². The monoisotopic (exact) mass is 334 g/mol. The molecule has 25 heavy (non-hydrogen) atoms. The van der Waals surface area contributed by atoms with Gasteiger partial charge in [0.15, 0.2) is 0 Å². The van der Waals surface area contributed by atoms with Crippen molar-refractivity contribution in [3.8, 4) is 16.9 Å². The summed E-state index contributed by atoms with van der Waals surface area (Å²) in [6.07, 6.45) is 0.581. The van der Waals surface area contributed by atoms with E-state index in [1.165, 1.54) is 12.1 Å². The molecule has 0 fully saturated rings. The molecule has 3 heteroatoms. The highest BCUT2D eigenvalue weighted by atomic mass is 19.1. The highest BCUT2D eigenvalue weighted by Crippen LogP contribution is 2.31. The van der Waals surface area contributed by atoms with E-state index in [2.05, 4.69) is 0 Å². The Hall–Kier alpha value is -2.94. The zero-order valence-corrected chi connectivity index (χ0v) is 14.0. The Morgan fingerprint density at radius 2 is 1.56 bits per heavy atom. The van der Waals surface area contributed by atoms with Gasteiger partial charge in [-0.1, -0.05) is 67.6 Å². The molecule has 3 aromatic carbocycles. The minimum Gasteiger partial charge on any atom is -0.425 e. The summed E-state index contributed by atoms with van der Waals surface area (Å²) in [7, 11) is 0. The summed E-state index contributed by atoms with van der Waals surface area (Å²) < 4.78 is 18.8. The van der Waals surface area contributed by atoms with Crippen LogP contribution in [0.5, 0.6) is 5.75 Å². The number of hydrogen-bond acceptors (Lipinski definition) is 2. The van der Waals surface area contributed by atoms with Crippen molar-refractivity contribution in [1.29, 1.82) is 0 Å². The van der Waals surface area contributed by atoms with E-state index in [0.29, 0.717) is 12.2 Å². The molecule has 0 bridgehead atoms. The SMILES string of the molecule is CC[C@@H](C(=O)Oc1ccccc1-c1ccccc1)c1ccc(F)cc1. The van der Waals surface area contributed by atoms with Gasteiger partial charge in [0.25, 0.3) is 0 Å². The molecule has 0 saturated heterocycles. The molecule has 0 aliphatic carbocycles. The molecular weight excluding hydrogens is 315 g/mol. The summed E-state index contributed by atoms with van der Waals surface area (Å²) in [5, 5.41) is 0. The lowest BCUT2D eigenvalue weighted by atomic mass is 9.96. The largest absolute Gasteiger partial charge is 0.425 e. The molecule has 2 nitrogen and oxygen atoms in total. The van der Waals surface area contributed by atoms with Crippen molar-refractivity contribution < 1.29 is 13.9 Å². The summed E-state index contributed by atoms with van der Waals surface area (Å²) in [6.45, 7) is 1.92. The normalized spacial score (nSPS) is 11.8. The molecule has 1 atom stereocenters. The van der Waals surface area contributed by atoms with Crippen molar-refractivity contribution in [2.75, 3.05) is 0 Å². The van der Waals surface area contributed by atoms with Crippen LogP contribution in [0.2, 0.25) is 0 Å². The van der Waals surface area contributed by atoms with E-state index in [4.69, 9.17) is 4.74 Å². The van der Waals surface area contributed by atoms with Crippen LogP contribution in [0.4, 0.5) is 4.39 Å². The second kappa shape index (κ2) is 7.75. The molecular formula is C22H19FO2. The van der Waals surface area contributed by atoms with Gasteiger partial charge in [0.2, 0.25) is 0 Å². The minimum absolute atomic E-state index is 0.318. The van der Waals surface area contributed by atoms with Crippen molar-refractivity contribution in [3.05, 3.63) is 90.2 Å². The van der Waals surface area contributed by atoms with Crippen molar-refractivity contribution in [2.24, 2.45) is 0 Å². The fraction of sp³-hybridized carbons (Fsp3) is 0.136.